The summed E-state index contributed by atoms with van der Waals surface area (Å²) < 4.78 is 11.8. The van der Waals surface area contributed by atoms with Crippen LogP contribution in [0.5, 0.6) is 0 Å². The van der Waals surface area contributed by atoms with E-state index in [1.54, 1.807) is 27.6 Å². The number of carbonyl (C=O) groups excluding carboxylic acids is 4. The molecule has 1 aromatic carbocycles. The van der Waals surface area contributed by atoms with Crippen molar-refractivity contribution in [2.24, 2.45) is 5.92 Å². The van der Waals surface area contributed by atoms with Gasteiger partial charge in [-0.1, -0.05) is 39.0 Å². The monoisotopic (exact) mass is 758 g/mol. The lowest BCUT2D eigenvalue weighted by Crippen LogP contribution is -2.51. The predicted molar refractivity (Wildman–Crippen MR) is 203 cm³/mol. The van der Waals surface area contributed by atoms with Gasteiger partial charge >= 0.3 is 12.2 Å². The number of benzene rings is 1. The van der Waals surface area contributed by atoms with Gasteiger partial charge in [-0.3, -0.25) is 9.59 Å². The summed E-state index contributed by atoms with van der Waals surface area (Å²) in [6, 6.07) is 4.14. The number of nitrogens with one attached hydrogen (secondary N) is 4. The number of rotatable bonds is 10. The lowest BCUT2D eigenvalue weighted by Gasteiger charge is -2.30. The Balaban J connectivity index is 1.10. The lowest BCUT2D eigenvalue weighted by atomic mass is 10.0. The summed E-state index contributed by atoms with van der Waals surface area (Å²) in [6.45, 7) is 6.65. The minimum absolute atomic E-state index is 0.111. The summed E-state index contributed by atoms with van der Waals surface area (Å²) in [5, 5.41) is 9.63. The Morgan fingerprint density at radius 3 is 2.43 bits per heavy atom. The number of hydrogen-bond acceptors (Lipinski definition) is 10. The fraction of sp³-hybridized carbons (Fsp3) is 0.405. The number of hydrogen-bond donors (Lipinski definition) is 4. The molecule has 4 N–H and O–H groups in total. The molecule has 2 unspecified atom stereocenters. The molecule has 6 heterocycles. The number of likely N-dealkylation sites (tertiary alicyclic amines) is 1. The van der Waals surface area contributed by atoms with Crippen LogP contribution in [0, 0.1) is 5.92 Å². The summed E-state index contributed by atoms with van der Waals surface area (Å²) in [5.74, 6) is 0.926. The van der Waals surface area contributed by atoms with Gasteiger partial charge in [0.05, 0.1) is 52.6 Å². The van der Waals surface area contributed by atoms with Crippen LogP contribution in [-0.4, -0.2) is 93.1 Å². The third-order valence-corrected chi connectivity index (χ3v) is 12.1. The van der Waals surface area contributed by atoms with Gasteiger partial charge in [-0.05, 0) is 42.9 Å². The van der Waals surface area contributed by atoms with Crippen LogP contribution in [0.2, 0.25) is 0 Å². The maximum Gasteiger partial charge on any atom is 0.407 e. The van der Waals surface area contributed by atoms with Crippen molar-refractivity contribution in [3.05, 3.63) is 59.0 Å². The first-order chi connectivity index (χ1) is 25.6. The van der Waals surface area contributed by atoms with Crippen LogP contribution in [0.1, 0.15) is 63.8 Å². The van der Waals surface area contributed by atoms with E-state index in [9.17, 15) is 19.2 Å². The van der Waals surface area contributed by atoms with Crippen LogP contribution in [0.15, 0.2) is 47.3 Å². The second kappa shape index (κ2) is 15.0. The van der Waals surface area contributed by atoms with Gasteiger partial charge in [-0.15, -0.1) is 22.7 Å². The van der Waals surface area contributed by atoms with E-state index in [0.29, 0.717) is 25.3 Å². The first kappa shape index (κ1) is 36.2. The number of aromatic nitrogens is 4. The zero-order chi connectivity index (χ0) is 37.4. The maximum absolute atomic E-state index is 13.6. The van der Waals surface area contributed by atoms with Gasteiger partial charge in [-0.25, -0.2) is 19.6 Å². The number of nitrogens with zero attached hydrogens (tertiary/aromatic N) is 4. The van der Waals surface area contributed by atoms with Crippen molar-refractivity contribution in [2.45, 2.75) is 64.2 Å². The molecule has 0 radical (unpaired) electrons. The number of fused-ring (bicyclic) bond motifs is 2. The van der Waals surface area contributed by atoms with Crippen LogP contribution >= 0.6 is 22.7 Å². The SMILES string of the molecule is CC[C@@H](NC(=O)OC)C(=O)N1CC=CC1c1nc2ccc(-c3csc4c(-c5cnc(C6CCCN6C(=O)[C@@H](NC(=O)OC)C(C)C)[nH]5)csc34)cc2[nH]1. The van der Waals surface area contributed by atoms with Crippen LogP contribution in [0.3, 0.4) is 0 Å². The van der Waals surface area contributed by atoms with Gasteiger partial charge in [0.1, 0.15) is 29.8 Å². The van der Waals surface area contributed by atoms with Crippen LogP contribution in [0.25, 0.3) is 42.8 Å². The maximum atomic E-state index is 13.6. The zero-order valence-electron chi connectivity index (χ0n) is 30.1. The van der Waals surface area contributed by atoms with Gasteiger partial charge < -0.3 is 39.9 Å². The largest absolute Gasteiger partial charge is 0.453 e. The van der Waals surface area contributed by atoms with E-state index in [0.717, 1.165) is 61.5 Å². The fourth-order valence-electron chi connectivity index (χ4n) is 7.11. The quantitative estimate of drug-likeness (QED) is 0.117. The normalized spacial score (nSPS) is 18.2. The summed E-state index contributed by atoms with van der Waals surface area (Å²) in [6.07, 6.45) is 6.50. The standard InChI is InChI=1S/C37H42N8O6S2/c1-6-23(42-36(48)50-4)34(46)44-13-8-10-28(44)33-39-24-12-11-20(15-25(24)40-33)21-17-52-31-22(18-53-30(21)31)26-16-38-32(41-26)27-9-7-14-45(27)35(47)29(19(2)3)43-37(49)51-5/h8,10-12,15-19,23,27-29H,6-7,9,13-14H2,1-5H3,(H,38,41)(H,39,40)(H,42,48)(H,43,49)/t23-,27?,28?,29+/m1/s1. The van der Waals surface area contributed by atoms with Crippen molar-refractivity contribution in [2.75, 3.05) is 27.3 Å². The number of carbonyl (C=O) groups is 4. The summed E-state index contributed by atoms with van der Waals surface area (Å²) >= 11 is 3.34. The lowest BCUT2D eigenvalue weighted by molar-refractivity contribution is -0.135. The minimum atomic E-state index is -0.702. The number of methoxy groups -OCH3 is 2. The fourth-order valence-corrected chi connectivity index (χ4v) is 9.55. The molecule has 7 rings (SSSR count). The Hall–Kier alpha value is -5.22. The molecule has 14 nitrogen and oxygen atoms in total. The number of amides is 4. The summed E-state index contributed by atoms with van der Waals surface area (Å²) in [4.78, 5) is 70.9. The molecule has 2 aliphatic rings. The van der Waals surface area contributed by atoms with Crippen LogP contribution < -0.4 is 10.6 Å². The molecule has 5 aromatic rings. The highest BCUT2D eigenvalue weighted by Crippen LogP contribution is 2.44. The number of ether oxygens (including phenoxy) is 2. The summed E-state index contributed by atoms with van der Waals surface area (Å²) in [7, 11) is 2.56. The van der Waals surface area contributed by atoms with Crippen LogP contribution in [-0.2, 0) is 19.1 Å². The summed E-state index contributed by atoms with van der Waals surface area (Å²) in [5.41, 5.74) is 5.74. The van der Waals surface area contributed by atoms with Gasteiger partial charge in [0.15, 0.2) is 0 Å². The van der Waals surface area contributed by atoms with Crippen molar-refractivity contribution < 1.29 is 28.7 Å². The number of H-pyrrole nitrogens is 2. The first-order valence-corrected chi connectivity index (χ1v) is 19.4. The molecule has 4 amide bonds. The second-order valence-corrected chi connectivity index (χ2v) is 15.3. The van der Waals surface area contributed by atoms with E-state index in [-0.39, 0.29) is 29.8 Å². The van der Waals surface area contributed by atoms with E-state index in [4.69, 9.17) is 19.4 Å². The Bertz CT molecular complexity index is 2200. The number of aromatic amines is 2. The van der Waals surface area contributed by atoms with E-state index in [1.807, 2.05) is 50.1 Å². The molecule has 16 heteroatoms. The number of alkyl carbamates (subject to hydrolysis) is 2. The average molecular weight is 759 g/mol. The second-order valence-electron chi connectivity index (χ2n) is 13.5. The molecule has 278 valence electrons. The van der Waals surface area contributed by atoms with Crippen molar-refractivity contribution in [1.29, 1.82) is 0 Å². The third-order valence-electron chi connectivity index (χ3n) is 9.93. The molecular formula is C37H42N8O6S2. The highest BCUT2D eigenvalue weighted by Gasteiger charge is 2.38. The van der Waals surface area contributed by atoms with Gasteiger partial charge in [0.2, 0.25) is 11.8 Å². The molecule has 0 saturated carbocycles. The highest BCUT2D eigenvalue weighted by atomic mass is 32.1. The van der Waals surface area contributed by atoms with E-state index in [2.05, 4.69) is 43.5 Å². The van der Waals surface area contributed by atoms with Gasteiger partial charge in [-0.2, -0.15) is 0 Å². The minimum Gasteiger partial charge on any atom is -0.453 e. The smallest absolute Gasteiger partial charge is 0.407 e. The first-order valence-electron chi connectivity index (χ1n) is 17.6. The van der Waals surface area contributed by atoms with Crippen molar-refractivity contribution in [3.8, 4) is 22.4 Å². The average Bonchev–Trinajstić information content (AvgIpc) is 4.00. The number of thiophene rings is 2. The molecular weight excluding hydrogens is 717 g/mol. The predicted octanol–water partition coefficient (Wildman–Crippen LogP) is 6.51. The molecule has 1 fully saturated rings. The molecule has 0 spiro atoms. The van der Waals surface area contributed by atoms with Gasteiger partial charge in [0.25, 0.3) is 0 Å². The van der Waals surface area contributed by atoms with E-state index >= 15 is 0 Å². The third kappa shape index (κ3) is 6.88. The molecule has 53 heavy (non-hydrogen) atoms. The van der Waals surface area contributed by atoms with Crippen molar-refractivity contribution in [3.63, 3.8) is 0 Å². The van der Waals surface area contributed by atoms with Crippen LogP contribution in [0.4, 0.5) is 9.59 Å². The number of imidazole rings is 2. The molecule has 2 aliphatic heterocycles. The zero-order valence-corrected chi connectivity index (χ0v) is 31.7. The molecule has 0 bridgehead atoms. The Labute approximate surface area is 314 Å². The van der Waals surface area contributed by atoms with Crippen molar-refractivity contribution >= 4 is 67.1 Å². The Kier molecular flexibility index (Phi) is 10.2. The molecule has 1 saturated heterocycles. The van der Waals surface area contributed by atoms with E-state index < -0.39 is 24.3 Å². The molecule has 0 aliphatic carbocycles. The van der Waals surface area contributed by atoms with Crippen molar-refractivity contribution in [1.82, 2.24) is 40.4 Å². The highest BCUT2D eigenvalue weighted by molar-refractivity contribution is 7.27. The topological polar surface area (TPSA) is 175 Å². The van der Waals surface area contributed by atoms with Gasteiger partial charge in [0, 0.05) is 35.0 Å². The molecule has 4 atom stereocenters. The van der Waals surface area contributed by atoms with E-state index in [1.165, 1.54) is 14.2 Å². The Morgan fingerprint density at radius 2 is 1.70 bits per heavy atom. The molecule has 4 aromatic heterocycles. The Morgan fingerprint density at radius 1 is 0.962 bits per heavy atom.